The van der Waals surface area contributed by atoms with E-state index in [0.29, 0.717) is 18.5 Å². The van der Waals surface area contributed by atoms with Gasteiger partial charge in [-0.2, -0.15) is 0 Å². The van der Waals surface area contributed by atoms with Gasteiger partial charge in [0.2, 0.25) is 0 Å². The molecule has 25 heavy (non-hydrogen) atoms. The van der Waals surface area contributed by atoms with E-state index < -0.39 is 0 Å². The zero-order valence-corrected chi connectivity index (χ0v) is 16.0. The summed E-state index contributed by atoms with van der Waals surface area (Å²) in [6.07, 6.45) is 5.79. The van der Waals surface area contributed by atoms with Crippen LogP contribution in [-0.4, -0.2) is 45.6 Å². The summed E-state index contributed by atoms with van der Waals surface area (Å²) in [5, 5.41) is 2.98. The third-order valence-electron chi connectivity index (χ3n) is 4.26. The van der Waals surface area contributed by atoms with Gasteiger partial charge in [-0.3, -0.25) is 9.71 Å². The van der Waals surface area contributed by atoms with Crippen molar-refractivity contribution in [2.45, 2.75) is 32.7 Å². The Balaban J connectivity index is 1.64. The van der Waals surface area contributed by atoms with Crippen LogP contribution < -0.4 is 4.72 Å². The van der Waals surface area contributed by atoms with Gasteiger partial charge < -0.3 is 9.32 Å². The Kier molecular flexibility index (Phi) is 4.91. The molecule has 0 saturated carbocycles. The Hall–Kier alpha value is -1.64. The highest BCUT2D eigenvalue weighted by atomic mass is 32.2. The smallest absolute Gasteiger partial charge is 0.191 e. The van der Waals surface area contributed by atoms with E-state index >= 15 is 0 Å². The van der Waals surface area contributed by atoms with Crippen molar-refractivity contribution < 1.29 is 4.42 Å². The molecule has 2 aromatic heterocycles. The summed E-state index contributed by atoms with van der Waals surface area (Å²) in [4.78, 5) is 15.8. The molecule has 0 spiro atoms. The van der Waals surface area contributed by atoms with E-state index in [-0.39, 0.29) is 0 Å². The Morgan fingerprint density at radius 2 is 2.36 bits per heavy atom. The minimum Gasteiger partial charge on any atom is -0.441 e. The fourth-order valence-electron chi connectivity index (χ4n) is 3.17. The fourth-order valence-corrected chi connectivity index (χ4v) is 4.53. The number of aromatic nitrogens is 2. The lowest BCUT2D eigenvalue weighted by molar-refractivity contribution is 0.501. The lowest BCUT2D eigenvalue weighted by atomic mass is 10.1. The normalized spacial score (nSPS) is 20.2. The molecule has 1 saturated heterocycles. The fraction of sp³-hybridized carbons (Fsp3) is 0.471. The van der Waals surface area contributed by atoms with Crippen LogP contribution in [0.25, 0.3) is 5.57 Å². The second kappa shape index (κ2) is 7.31. The van der Waals surface area contributed by atoms with Crippen LogP contribution in [0.4, 0.5) is 0 Å². The van der Waals surface area contributed by atoms with Gasteiger partial charge in [0.05, 0.1) is 12.7 Å². The molecule has 2 aliphatic heterocycles. The first-order chi connectivity index (χ1) is 12.3. The first-order valence-electron chi connectivity index (χ1n) is 8.50. The molecule has 0 bridgehead atoms. The predicted molar refractivity (Wildman–Crippen MR) is 103 cm³/mol. The van der Waals surface area contributed by atoms with Crippen molar-refractivity contribution in [3.8, 4) is 0 Å². The first-order valence-corrected chi connectivity index (χ1v) is 10.4. The zero-order chi connectivity index (χ0) is 17.2. The summed E-state index contributed by atoms with van der Waals surface area (Å²) in [5.41, 5.74) is 2.43. The average Bonchev–Trinajstić information content (AvgIpc) is 3.34. The lowest BCUT2D eigenvalue weighted by Crippen LogP contribution is -2.34. The van der Waals surface area contributed by atoms with Gasteiger partial charge in [-0.15, -0.1) is 11.3 Å². The van der Waals surface area contributed by atoms with Crippen molar-refractivity contribution >= 4 is 34.7 Å². The van der Waals surface area contributed by atoms with E-state index in [0.717, 1.165) is 40.9 Å². The van der Waals surface area contributed by atoms with Crippen LogP contribution >= 0.6 is 23.3 Å². The highest BCUT2D eigenvalue weighted by molar-refractivity contribution is 7.97. The van der Waals surface area contributed by atoms with Crippen molar-refractivity contribution in [3.63, 3.8) is 0 Å². The average molecular weight is 376 g/mol. The number of aryl methyl sites for hydroxylation is 1. The number of hydrogen-bond donors (Lipinski definition) is 1. The zero-order valence-electron chi connectivity index (χ0n) is 14.4. The summed E-state index contributed by atoms with van der Waals surface area (Å²) in [6.45, 7) is 5.60. The number of thiazole rings is 1. The number of fused-ring (bicyclic) bond motifs is 1. The number of aliphatic imine (C=N–C) groups is 1. The molecule has 0 aromatic carbocycles. The van der Waals surface area contributed by atoms with E-state index in [1.807, 2.05) is 36.6 Å². The predicted octanol–water partition coefficient (Wildman–Crippen LogP) is 3.33. The molecule has 0 aliphatic carbocycles. The van der Waals surface area contributed by atoms with Gasteiger partial charge in [-0.05, 0) is 6.42 Å². The summed E-state index contributed by atoms with van der Waals surface area (Å²) in [5.74, 6) is 3.63. The standard InChI is InChI=1S/C17H21N5OS2/c1-3-5-25-21-12-7-14-13(15-9-19-11(2)23-15)8-20-16(22(14)10-12)17-18-4-6-24-17/h4,6,9,12,21H,3,5,7-8,10H2,1-2H3. The topological polar surface area (TPSA) is 66.5 Å². The number of rotatable bonds is 6. The molecular weight excluding hydrogens is 354 g/mol. The van der Waals surface area contributed by atoms with E-state index in [2.05, 4.69) is 26.5 Å². The highest BCUT2D eigenvalue weighted by Gasteiger charge is 2.36. The van der Waals surface area contributed by atoms with Gasteiger partial charge in [-0.1, -0.05) is 18.9 Å². The molecular formula is C17H21N5OS2. The summed E-state index contributed by atoms with van der Waals surface area (Å²) in [6, 6.07) is 0.397. The maximum Gasteiger partial charge on any atom is 0.191 e. The van der Waals surface area contributed by atoms with Crippen LogP contribution in [0, 0.1) is 6.92 Å². The molecule has 1 unspecified atom stereocenters. The number of nitrogens with zero attached hydrogens (tertiary/aromatic N) is 4. The monoisotopic (exact) mass is 375 g/mol. The number of hydrogen-bond acceptors (Lipinski definition) is 8. The Labute approximate surface area is 155 Å². The number of amidine groups is 1. The minimum absolute atomic E-state index is 0.397. The molecule has 2 aromatic rings. The van der Waals surface area contributed by atoms with Crippen LogP contribution in [0.15, 0.2) is 32.9 Å². The van der Waals surface area contributed by atoms with Gasteiger partial charge >= 0.3 is 0 Å². The van der Waals surface area contributed by atoms with Gasteiger partial charge in [0.15, 0.2) is 22.5 Å². The Morgan fingerprint density at radius 1 is 1.44 bits per heavy atom. The highest BCUT2D eigenvalue weighted by Crippen LogP contribution is 2.35. The van der Waals surface area contributed by atoms with Gasteiger partial charge in [0, 0.05) is 54.5 Å². The molecule has 4 rings (SSSR count). The molecule has 1 N–H and O–H groups in total. The van der Waals surface area contributed by atoms with Gasteiger partial charge in [0.1, 0.15) is 0 Å². The summed E-state index contributed by atoms with van der Waals surface area (Å²) >= 11 is 3.44. The number of nitrogens with one attached hydrogen (secondary N) is 1. The van der Waals surface area contributed by atoms with E-state index in [9.17, 15) is 0 Å². The maximum absolute atomic E-state index is 5.79. The molecule has 1 fully saturated rings. The largest absolute Gasteiger partial charge is 0.441 e. The molecule has 1 atom stereocenters. The van der Waals surface area contributed by atoms with E-state index in [1.165, 1.54) is 12.1 Å². The van der Waals surface area contributed by atoms with Gasteiger partial charge in [-0.25, -0.2) is 9.97 Å². The molecule has 0 radical (unpaired) electrons. The Bertz CT molecular complexity index is 796. The van der Waals surface area contributed by atoms with Crippen molar-refractivity contribution in [3.05, 3.63) is 40.1 Å². The summed E-state index contributed by atoms with van der Waals surface area (Å²) < 4.78 is 9.39. The lowest BCUT2D eigenvalue weighted by Gasteiger charge is -2.26. The molecule has 4 heterocycles. The Morgan fingerprint density at radius 3 is 3.08 bits per heavy atom. The van der Waals surface area contributed by atoms with Crippen molar-refractivity contribution in [2.75, 3.05) is 18.8 Å². The summed E-state index contributed by atoms with van der Waals surface area (Å²) in [7, 11) is 0. The third kappa shape index (κ3) is 3.38. The first kappa shape index (κ1) is 16.8. The van der Waals surface area contributed by atoms with Crippen LogP contribution in [0.2, 0.25) is 0 Å². The van der Waals surface area contributed by atoms with E-state index in [1.54, 1.807) is 11.3 Å². The van der Waals surface area contributed by atoms with E-state index in [4.69, 9.17) is 9.41 Å². The third-order valence-corrected chi connectivity index (χ3v) is 6.14. The van der Waals surface area contributed by atoms with Gasteiger partial charge in [0.25, 0.3) is 0 Å². The molecule has 6 nitrogen and oxygen atoms in total. The van der Waals surface area contributed by atoms with Crippen LogP contribution in [0.1, 0.15) is 36.4 Å². The molecule has 132 valence electrons. The van der Waals surface area contributed by atoms with Crippen molar-refractivity contribution in [1.82, 2.24) is 19.6 Å². The second-order valence-corrected chi connectivity index (χ2v) is 7.95. The second-order valence-electron chi connectivity index (χ2n) is 6.12. The quantitative estimate of drug-likeness (QED) is 0.617. The van der Waals surface area contributed by atoms with Crippen molar-refractivity contribution in [1.29, 1.82) is 0 Å². The SMILES string of the molecule is CCCSNC1CC2=C(c3cnc(C)o3)CN=C(c3nccs3)N2C1. The molecule has 8 heteroatoms. The maximum atomic E-state index is 5.79. The minimum atomic E-state index is 0.397. The van der Waals surface area contributed by atoms with Crippen LogP contribution in [0.5, 0.6) is 0 Å². The number of oxazole rings is 1. The van der Waals surface area contributed by atoms with Crippen LogP contribution in [-0.2, 0) is 0 Å². The van der Waals surface area contributed by atoms with Crippen LogP contribution in [0.3, 0.4) is 0 Å². The molecule has 2 aliphatic rings. The molecule has 0 amide bonds. The van der Waals surface area contributed by atoms with Crippen molar-refractivity contribution in [2.24, 2.45) is 4.99 Å².